The van der Waals surface area contributed by atoms with E-state index in [2.05, 4.69) is 4.72 Å². The average Bonchev–Trinajstić information content (AvgIpc) is 2.36. The predicted molar refractivity (Wildman–Crippen MR) is 75.3 cm³/mol. The van der Waals surface area contributed by atoms with Crippen LogP contribution in [0.2, 0.25) is 0 Å². The van der Waals surface area contributed by atoms with Gasteiger partial charge in [0.25, 0.3) is 0 Å². The maximum atomic E-state index is 11.9. The SMILES string of the molecule is CSCC[C@@](C)(O)CNS(=O)(=O)c1ccccc1. The molecule has 4 nitrogen and oxygen atoms in total. The molecule has 0 unspecified atom stereocenters. The number of rotatable bonds is 7. The summed E-state index contributed by atoms with van der Waals surface area (Å²) >= 11 is 1.62. The maximum Gasteiger partial charge on any atom is 0.240 e. The van der Waals surface area contributed by atoms with Crippen LogP contribution < -0.4 is 4.72 Å². The summed E-state index contributed by atoms with van der Waals surface area (Å²) in [5.74, 6) is 0.792. The lowest BCUT2D eigenvalue weighted by molar-refractivity contribution is 0.0626. The van der Waals surface area contributed by atoms with Gasteiger partial charge in [-0.15, -0.1) is 0 Å². The molecule has 0 amide bonds. The number of thioether (sulfide) groups is 1. The van der Waals surface area contributed by atoms with Crippen molar-refractivity contribution in [2.45, 2.75) is 23.8 Å². The van der Waals surface area contributed by atoms with E-state index in [1.165, 1.54) is 12.1 Å². The van der Waals surface area contributed by atoms with Crippen LogP contribution in [-0.2, 0) is 10.0 Å². The summed E-state index contributed by atoms with van der Waals surface area (Å²) in [5.41, 5.74) is -1.02. The van der Waals surface area contributed by atoms with Crippen molar-refractivity contribution < 1.29 is 13.5 Å². The van der Waals surface area contributed by atoms with Crippen molar-refractivity contribution in [2.24, 2.45) is 0 Å². The largest absolute Gasteiger partial charge is 0.389 e. The molecule has 0 aliphatic rings. The van der Waals surface area contributed by atoms with Gasteiger partial charge in [0, 0.05) is 6.54 Å². The first-order valence-electron chi connectivity index (χ1n) is 5.63. The van der Waals surface area contributed by atoms with Gasteiger partial charge in [-0.3, -0.25) is 0 Å². The van der Waals surface area contributed by atoms with Crippen molar-refractivity contribution in [2.75, 3.05) is 18.6 Å². The first-order valence-corrected chi connectivity index (χ1v) is 8.51. The van der Waals surface area contributed by atoms with Crippen LogP contribution in [0.25, 0.3) is 0 Å². The minimum absolute atomic E-state index is 0.0186. The highest BCUT2D eigenvalue weighted by Crippen LogP contribution is 2.13. The minimum Gasteiger partial charge on any atom is -0.389 e. The molecule has 1 aromatic rings. The molecular formula is C12H19NO3S2. The number of hydrogen-bond acceptors (Lipinski definition) is 4. The topological polar surface area (TPSA) is 66.4 Å². The zero-order valence-electron chi connectivity index (χ0n) is 10.6. The molecule has 6 heteroatoms. The Balaban J connectivity index is 2.63. The summed E-state index contributed by atoms with van der Waals surface area (Å²) in [4.78, 5) is 0.214. The Labute approximate surface area is 113 Å². The van der Waals surface area contributed by atoms with Crippen molar-refractivity contribution in [3.63, 3.8) is 0 Å². The van der Waals surface area contributed by atoms with E-state index >= 15 is 0 Å². The highest BCUT2D eigenvalue weighted by molar-refractivity contribution is 7.98. The third-order valence-electron chi connectivity index (χ3n) is 2.54. The standard InChI is InChI=1S/C12H19NO3S2/c1-12(14,8-9-17-2)10-13-18(15,16)11-6-4-3-5-7-11/h3-7,13-14H,8-10H2,1-2H3/t12-/m1/s1. The Morgan fingerprint density at radius 1 is 1.33 bits per heavy atom. The van der Waals surface area contributed by atoms with Gasteiger partial charge in [0.05, 0.1) is 10.5 Å². The highest BCUT2D eigenvalue weighted by Gasteiger charge is 2.23. The molecule has 0 aromatic heterocycles. The summed E-state index contributed by atoms with van der Waals surface area (Å²) in [6.07, 6.45) is 2.50. The van der Waals surface area contributed by atoms with E-state index in [1.807, 2.05) is 6.26 Å². The van der Waals surface area contributed by atoms with Crippen LogP contribution in [-0.4, -0.2) is 37.7 Å². The van der Waals surface area contributed by atoms with Crippen LogP contribution in [0.15, 0.2) is 35.2 Å². The van der Waals surface area contributed by atoms with E-state index in [1.54, 1.807) is 36.9 Å². The molecule has 0 fully saturated rings. The van der Waals surface area contributed by atoms with Crippen LogP contribution in [0.3, 0.4) is 0 Å². The van der Waals surface area contributed by atoms with Crippen LogP contribution in [0.5, 0.6) is 0 Å². The number of hydrogen-bond donors (Lipinski definition) is 2. The molecule has 0 saturated carbocycles. The van der Waals surface area contributed by atoms with Gasteiger partial charge in [-0.05, 0) is 37.5 Å². The van der Waals surface area contributed by atoms with Gasteiger partial charge in [-0.1, -0.05) is 18.2 Å². The minimum atomic E-state index is -3.54. The Morgan fingerprint density at radius 2 is 1.94 bits per heavy atom. The summed E-state index contributed by atoms with van der Waals surface area (Å²) in [7, 11) is -3.54. The molecule has 0 bridgehead atoms. The fourth-order valence-electron chi connectivity index (χ4n) is 1.34. The van der Waals surface area contributed by atoms with E-state index < -0.39 is 15.6 Å². The van der Waals surface area contributed by atoms with Crippen LogP contribution in [0.1, 0.15) is 13.3 Å². The molecule has 1 aromatic carbocycles. The monoisotopic (exact) mass is 289 g/mol. The van der Waals surface area contributed by atoms with Crippen molar-refractivity contribution in [1.29, 1.82) is 0 Å². The maximum absolute atomic E-state index is 11.9. The molecule has 0 aliphatic carbocycles. The second-order valence-corrected chi connectivity index (χ2v) is 7.13. The van der Waals surface area contributed by atoms with Crippen LogP contribution in [0.4, 0.5) is 0 Å². The van der Waals surface area contributed by atoms with E-state index in [9.17, 15) is 13.5 Å². The van der Waals surface area contributed by atoms with E-state index in [4.69, 9.17) is 0 Å². The molecule has 18 heavy (non-hydrogen) atoms. The Morgan fingerprint density at radius 3 is 2.50 bits per heavy atom. The molecule has 1 atom stereocenters. The van der Waals surface area contributed by atoms with Crippen LogP contribution in [0, 0.1) is 0 Å². The summed E-state index contributed by atoms with van der Waals surface area (Å²) in [5, 5.41) is 10.0. The molecule has 0 heterocycles. The fourth-order valence-corrected chi connectivity index (χ4v) is 3.17. The lowest BCUT2D eigenvalue weighted by Crippen LogP contribution is -2.40. The summed E-state index contributed by atoms with van der Waals surface area (Å²) in [6.45, 7) is 1.65. The van der Waals surface area contributed by atoms with Crippen molar-refractivity contribution in [1.82, 2.24) is 4.72 Å². The van der Waals surface area contributed by atoms with Gasteiger partial charge in [0.1, 0.15) is 0 Å². The molecule has 0 spiro atoms. The summed E-state index contributed by atoms with van der Waals surface area (Å²) in [6, 6.07) is 8.15. The normalized spacial score (nSPS) is 15.3. The number of nitrogens with one attached hydrogen (secondary N) is 1. The quantitative estimate of drug-likeness (QED) is 0.798. The Hall–Kier alpha value is -0.560. The van der Waals surface area contributed by atoms with Crippen molar-refractivity contribution >= 4 is 21.8 Å². The van der Waals surface area contributed by atoms with Crippen molar-refractivity contribution in [3.8, 4) is 0 Å². The lowest BCUT2D eigenvalue weighted by Gasteiger charge is -2.23. The van der Waals surface area contributed by atoms with Crippen molar-refractivity contribution in [3.05, 3.63) is 30.3 Å². The fraction of sp³-hybridized carbons (Fsp3) is 0.500. The Bertz CT molecular complexity index is 457. The van der Waals surface area contributed by atoms with E-state index in [0.29, 0.717) is 6.42 Å². The molecule has 2 N–H and O–H groups in total. The van der Waals surface area contributed by atoms with Gasteiger partial charge in [0.15, 0.2) is 0 Å². The van der Waals surface area contributed by atoms with Gasteiger partial charge in [-0.25, -0.2) is 13.1 Å². The average molecular weight is 289 g/mol. The number of benzene rings is 1. The van der Waals surface area contributed by atoms with E-state index in [-0.39, 0.29) is 11.4 Å². The second kappa shape index (κ2) is 6.56. The molecule has 0 saturated heterocycles. The molecule has 0 radical (unpaired) electrons. The third-order valence-corrected chi connectivity index (χ3v) is 4.57. The number of sulfonamides is 1. The van der Waals surface area contributed by atoms with E-state index in [0.717, 1.165) is 5.75 Å². The lowest BCUT2D eigenvalue weighted by atomic mass is 10.1. The van der Waals surface area contributed by atoms with Crippen LogP contribution >= 0.6 is 11.8 Å². The highest BCUT2D eigenvalue weighted by atomic mass is 32.2. The second-order valence-electron chi connectivity index (χ2n) is 4.38. The van der Waals surface area contributed by atoms with Gasteiger partial charge < -0.3 is 5.11 Å². The molecule has 102 valence electrons. The molecule has 1 rings (SSSR count). The first-order chi connectivity index (χ1) is 8.37. The molecule has 0 aliphatic heterocycles. The third kappa shape index (κ3) is 4.97. The first kappa shape index (κ1) is 15.5. The zero-order valence-corrected chi connectivity index (χ0v) is 12.2. The smallest absolute Gasteiger partial charge is 0.240 e. The van der Waals surface area contributed by atoms with Gasteiger partial charge in [0.2, 0.25) is 10.0 Å². The zero-order chi connectivity index (χ0) is 13.6. The Kier molecular flexibility index (Phi) is 5.65. The predicted octanol–water partition coefficient (Wildman–Crippen LogP) is 1.47. The van der Waals surface area contributed by atoms with Gasteiger partial charge in [-0.2, -0.15) is 11.8 Å². The number of aliphatic hydroxyl groups is 1. The molecular weight excluding hydrogens is 270 g/mol. The summed E-state index contributed by atoms with van der Waals surface area (Å²) < 4.78 is 26.3. The van der Waals surface area contributed by atoms with Gasteiger partial charge >= 0.3 is 0 Å².